The van der Waals surface area contributed by atoms with Crippen LogP contribution in [0, 0.1) is 5.92 Å². The van der Waals surface area contributed by atoms with Gasteiger partial charge in [-0.15, -0.1) is 0 Å². The molecule has 132 valence electrons. The Balaban J connectivity index is 1.64. The first kappa shape index (κ1) is 17.7. The number of halogens is 1. The van der Waals surface area contributed by atoms with Gasteiger partial charge in [0.25, 0.3) is 0 Å². The van der Waals surface area contributed by atoms with E-state index in [1.54, 1.807) is 18.3 Å². The summed E-state index contributed by atoms with van der Waals surface area (Å²) in [6, 6.07) is 5.34. The SMILES string of the molecule is CC(C)(C)OC(=O)C1CC(OC(=O)c2cncc3c(Cl)cccc23)C1. The van der Waals surface area contributed by atoms with Crippen LogP contribution < -0.4 is 0 Å². The van der Waals surface area contributed by atoms with Gasteiger partial charge in [-0.2, -0.15) is 0 Å². The highest BCUT2D eigenvalue weighted by Gasteiger charge is 2.39. The first-order valence-electron chi connectivity index (χ1n) is 8.20. The van der Waals surface area contributed by atoms with E-state index < -0.39 is 11.6 Å². The first-order valence-corrected chi connectivity index (χ1v) is 8.58. The average Bonchev–Trinajstić information content (AvgIpc) is 2.48. The van der Waals surface area contributed by atoms with Crippen LogP contribution in [0.1, 0.15) is 44.0 Å². The standard InChI is InChI=1S/C19H20ClNO4/c1-19(2,3)25-17(22)11-7-12(8-11)24-18(23)15-10-21-9-14-13(15)5-4-6-16(14)20/h4-6,9-12H,7-8H2,1-3H3. The third kappa shape index (κ3) is 3.93. The molecule has 1 aliphatic rings. The number of aromatic nitrogens is 1. The molecule has 0 amide bonds. The van der Waals surface area contributed by atoms with Crippen LogP contribution in [0.15, 0.2) is 30.6 Å². The van der Waals surface area contributed by atoms with E-state index in [0.717, 1.165) is 0 Å². The van der Waals surface area contributed by atoms with Gasteiger partial charge in [0.05, 0.1) is 11.5 Å². The molecule has 1 aromatic carbocycles. The Kier molecular flexibility index (Phi) is 4.69. The number of fused-ring (bicyclic) bond motifs is 1. The molecular weight excluding hydrogens is 342 g/mol. The van der Waals surface area contributed by atoms with Crippen LogP contribution in [-0.4, -0.2) is 28.6 Å². The fraction of sp³-hybridized carbons (Fsp3) is 0.421. The maximum Gasteiger partial charge on any atom is 0.340 e. The maximum atomic E-state index is 12.5. The second kappa shape index (κ2) is 6.64. The van der Waals surface area contributed by atoms with Crippen molar-refractivity contribution in [1.82, 2.24) is 4.98 Å². The summed E-state index contributed by atoms with van der Waals surface area (Å²) in [5, 5.41) is 1.95. The number of carbonyl (C=O) groups is 2. The lowest BCUT2D eigenvalue weighted by Gasteiger charge is -2.34. The molecule has 6 heteroatoms. The fourth-order valence-electron chi connectivity index (χ4n) is 2.78. The van der Waals surface area contributed by atoms with E-state index in [0.29, 0.717) is 34.2 Å². The topological polar surface area (TPSA) is 65.5 Å². The van der Waals surface area contributed by atoms with Gasteiger partial charge in [-0.1, -0.05) is 23.7 Å². The predicted octanol–water partition coefficient (Wildman–Crippen LogP) is 4.17. The zero-order chi connectivity index (χ0) is 18.2. The minimum atomic E-state index is -0.507. The summed E-state index contributed by atoms with van der Waals surface area (Å²) in [5.41, 5.74) is -0.132. The molecule has 1 saturated carbocycles. The van der Waals surface area contributed by atoms with Crippen molar-refractivity contribution in [3.05, 3.63) is 41.2 Å². The van der Waals surface area contributed by atoms with E-state index in [2.05, 4.69) is 4.98 Å². The van der Waals surface area contributed by atoms with Crippen molar-refractivity contribution >= 4 is 34.3 Å². The van der Waals surface area contributed by atoms with Gasteiger partial charge in [-0.3, -0.25) is 9.78 Å². The number of ether oxygens (including phenoxy) is 2. The van der Waals surface area contributed by atoms with Crippen LogP contribution in [0.25, 0.3) is 10.8 Å². The van der Waals surface area contributed by atoms with E-state index in [9.17, 15) is 9.59 Å². The average molecular weight is 362 g/mol. The Morgan fingerprint density at radius 3 is 2.56 bits per heavy atom. The molecule has 1 aliphatic carbocycles. The molecule has 0 N–H and O–H groups in total. The Hall–Kier alpha value is -2.14. The molecule has 0 saturated heterocycles. The third-order valence-electron chi connectivity index (χ3n) is 4.08. The number of hydrogen-bond acceptors (Lipinski definition) is 5. The van der Waals surface area contributed by atoms with Gasteiger partial charge in [0, 0.05) is 28.2 Å². The maximum absolute atomic E-state index is 12.5. The molecule has 0 spiro atoms. The van der Waals surface area contributed by atoms with E-state index in [4.69, 9.17) is 21.1 Å². The molecule has 25 heavy (non-hydrogen) atoms. The molecule has 5 nitrogen and oxygen atoms in total. The van der Waals surface area contributed by atoms with E-state index in [1.165, 1.54) is 6.20 Å². The van der Waals surface area contributed by atoms with Crippen molar-refractivity contribution in [2.24, 2.45) is 5.92 Å². The second-order valence-corrected chi connectivity index (χ2v) is 7.66. The van der Waals surface area contributed by atoms with Gasteiger partial charge >= 0.3 is 11.9 Å². The van der Waals surface area contributed by atoms with Crippen molar-refractivity contribution < 1.29 is 19.1 Å². The monoisotopic (exact) mass is 361 g/mol. The Morgan fingerprint density at radius 1 is 1.16 bits per heavy atom. The van der Waals surface area contributed by atoms with Gasteiger partial charge < -0.3 is 9.47 Å². The van der Waals surface area contributed by atoms with Crippen molar-refractivity contribution in [3.63, 3.8) is 0 Å². The van der Waals surface area contributed by atoms with Crippen molar-refractivity contribution in [3.8, 4) is 0 Å². The van der Waals surface area contributed by atoms with E-state index >= 15 is 0 Å². The largest absolute Gasteiger partial charge is 0.460 e. The molecule has 2 aromatic rings. The molecule has 1 fully saturated rings. The van der Waals surface area contributed by atoms with Crippen molar-refractivity contribution in [2.75, 3.05) is 0 Å². The van der Waals surface area contributed by atoms with Crippen LogP contribution in [0.2, 0.25) is 5.02 Å². The van der Waals surface area contributed by atoms with Crippen molar-refractivity contribution in [1.29, 1.82) is 0 Å². The normalized spacial score (nSPS) is 20.0. The highest BCUT2D eigenvalue weighted by Crippen LogP contribution is 2.33. The molecule has 3 rings (SSSR count). The zero-order valence-electron chi connectivity index (χ0n) is 14.4. The number of rotatable bonds is 3. The highest BCUT2D eigenvalue weighted by atomic mass is 35.5. The Bertz CT molecular complexity index is 822. The Labute approximate surface area is 151 Å². The summed E-state index contributed by atoms with van der Waals surface area (Å²) in [6.07, 6.45) is 3.79. The summed E-state index contributed by atoms with van der Waals surface area (Å²) in [5.74, 6) is -0.900. The lowest BCUT2D eigenvalue weighted by atomic mass is 9.82. The van der Waals surface area contributed by atoms with Gasteiger partial charge in [0.1, 0.15) is 11.7 Å². The minimum absolute atomic E-state index is 0.211. The van der Waals surface area contributed by atoms with Crippen LogP contribution in [0.4, 0.5) is 0 Å². The number of nitrogens with zero attached hydrogens (tertiary/aromatic N) is 1. The fourth-order valence-corrected chi connectivity index (χ4v) is 3.00. The molecule has 1 aromatic heterocycles. The molecule has 0 atom stereocenters. The number of hydrogen-bond donors (Lipinski definition) is 0. The molecule has 0 aliphatic heterocycles. The van der Waals surface area contributed by atoms with E-state index in [-0.39, 0.29) is 18.0 Å². The summed E-state index contributed by atoms with van der Waals surface area (Å²) in [6.45, 7) is 5.50. The van der Waals surface area contributed by atoms with E-state index in [1.807, 2.05) is 26.8 Å². The summed E-state index contributed by atoms with van der Waals surface area (Å²) in [7, 11) is 0. The zero-order valence-corrected chi connectivity index (χ0v) is 15.2. The second-order valence-electron chi connectivity index (χ2n) is 7.25. The molecule has 1 heterocycles. The highest BCUT2D eigenvalue weighted by molar-refractivity contribution is 6.35. The van der Waals surface area contributed by atoms with Crippen LogP contribution >= 0.6 is 11.6 Å². The van der Waals surface area contributed by atoms with Gasteiger partial charge in [-0.25, -0.2) is 4.79 Å². The third-order valence-corrected chi connectivity index (χ3v) is 4.41. The van der Waals surface area contributed by atoms with Gasteiger partial charge in [0.2, 0.25) is 0 Å². The quantitative estimate of drug-likeness (QED) is 0.768. The van der Waals surface area contributed by atoms with Gasteiger partial charge in [-0.05, 0) is 39.7 Å². The molecule has 0 unspecified atom stereocenters. The van der Waals surface area contributed by atoms with Crippen LogP contribution in [-0.2, 0) is 14.3 Å². The van der Waals surface area contributed by atoms with Gasteiger partial charge in [0.15, 0.2) is 0 Å². The number of esters is 2. The molecular formula is C19H20ClNO4. The minimum Gasteiger partial charge on any atom is -0.460 e. The number of pyridine rings is 1. The van der Waals surface area contributed by atoms with Crippen LogP contribution in [0.5, 0.6) is 0 Å². The summed E-state index contributed by atoms with van der Waals surface area (Å²) in [4.78, 5) is 28.5. The lowest BCUT2D eigenvalue weighted by Crippen LogP contribution is -2.40. The van der Waals surface area contributed by atoms with Crippen molar-refractivity contribution in [2.45, 2.75) is 45.3 Å². The number of carbonyl (C=O) groups excluding carboxylic acids is 2. The first-order chi connectivity index (χ1) is 11.7. The summed E-state index contributed by atoms with van der Waals surface area (Å²) >= 11 is 6.14. The molecule has 0 bridgehead atoms. The summed E-state index contributed by atoms with van der Waals surface area (Å²) < 4.78 is 10.8. The Morgan fingerprint density at radius 2 is 1.88 bits per heavy atom. The smallest absolute Gasteiger partial charge is 0.340 e. The predicted molar refractivity (Wildman–Crippen MR) is 94.5 cm³/mol. The van der Waals surface area contributed by atoms with Crippen LogP contribution in [0.3, 0.4) is 0 Å². The molecule has 0 radical (unpaired) electrons. The lowest BCUT2D eigenvalue weighted by molar-refractivity contribution is -0.167. The number of benzene rings is 1.